The minimum absolute atomic E-state index is 0.140. The second kappa shape index (κ2) is 9.12. The number of carbonyl (C=O) groups excluding carboxylic acids is 1. The van der Waals surface area contributed by atoms with Gasteiger partial charge in [0.2, 0.25) is 0 Å². The molecule has 25 heavy (non-hydrogen) atoms. The molecule has 1 aromatic carbocycles. The molecule has 2 rings (SSSR count). The Morgan fingerprint density at radius 1 is 1.44 bits per heavy atom. The van der Waals surface area contributed by atoms with Crippen molar-refractivity contribution >= 4 is 40.9 Å². The molecule has 0 aliphatic rings. The number of nitrogens with zero attached hydrogens (tertiary/aromatic N) is 3. The predicted molar refractivity (Wildman–Crippen MR) is 98.5 cm³/mol. The van der Waals surface area contributed by atoms with E-state index in [0.717, 1.165) is 0 Å². The molecule has 0 aliphatic carbocycles. The Morgan fingerprint density at radius 2 is 2.20 bits per heavy atom. The third-order valence-electron chi connectivity index (χ3n) is 3.16. The zero-order valence-electron chi connectivity index (χ0n) is 13.7. The van der Waals surface area contributed by atoms with Gasteiger partial charge in [-0.05, 0) is 19.1 Å². The van der Waals surface area contributed by atoms with Gasteiger partial charge in [0.1, 0.15) is 5.75 Å². The van der Waals surface area contributed by atoms with Crippen LogP contribution in [0.2, 0.25) is 10.0 Å². The minimum atomic E-state index is -0.434. The first-order chi connectivity index (χ1) is 12.0. The number of carbonyl (C=O) groups is 1. The number of halogens is 2. The average Bonchev–Trinajstić information content (AvgIpc) is 2.99. The van der Waals surface area contributed by atoms with Crippen LogP contribution in [0.5, 0.6) is 5.75 Å². The van der Waals surface area contributed by atoms with Gasteiger partial charge >= 0.3 is 5.97 Å². The molecule has 0 fully saturated rings. The van der Waals surface area contributed by atoms with Crippen LogP contribution in [-0.2, 0) is 16.1 Å². The summed E-state index contributed by atoms with van der Waals surface area (Å²) in [4.78, 5) is 11.3. The zero-order chi connectivity index (χ0) is 18.4. The molecular formula is C16H17Cl2N3O3S. The lowest BCUT2D eigenvalue weighted by molar-refractivity contribution is -0.137. The van der Waals surface area contributed by atoms with Gasteiger partial charge in [-0.1, -0.05) is 41.0 Å². The molecule has 0 amide bonds. The van der Waals surface area contributed by atoms with Crippen molar-refractivity contribution in [3.63, 3.8) is 0 Å². The average molecular weight is 402 g/mol. The summed E-state index contributed by atoms with van der Waals surface area (Å²) in [6, 6.07) is 4.99. The Kier molecular flexibility index (Phi) is 7.16. The normalized spacial score (nSPS) is 11.8. The second-order valence-corrected chi connectivity index (χ2v) is 6.73. The third kappa shape index (κ3) is 5.14. The van der Waals surface area contributed by atoms with Gasteiger partial charge < -0.3 is 9.47 Å². The van der Waals surface area contributed by atoms with E-state index in [1.165, 1.54) is 18.9 Å². The fourth-order valence-electron chi connectivity index (χ4n) is 2.00. The Bertz CT molecular complexity index is 767. The van der Waals surface area contributed by atoms with Crippen LogP contribution in [0.25, 0.3) is 0 Å². The lowest BCUT2D eigenvalue weighted by Crippen LogP contribution is -2.13. The molecule has 0 N–H and O–H groups in total. The zero-order valence-corrected chi connectivity index (χ0v) is 16.1. The van der Waals surface area contributed by atoms with Crippen LogP contribution in [0.3, 0.4) is 0 Å². The van der Waals surface area contributed by atoms with Crippen LogP contribution in [0.15, 0.2) is 36.0 Å². The standard InChI is InChI=1S/C16H17Cl2N3O3S/c1-4-7-21-15(19-20-16(21)25-9-14(22)23-3)10(2)24-13-8-11(17)5-6-12(13)18/h4-6,8,10H,1,7,9H2,2-3H3. The largest absolute Gasteiger partial charge is 0.481 e. The maximum Gasteiger partial charge on any atom is 0.316 e. The van der Waals surface area contributed by atoms with Crippen molar-refractivity contribution in [1.82, 2.24) is 14.8 Å². The molecule has 0 spiro atoms. The van der Waals surface area contributed by atoms with Gasteiger partial charge in [0.25, 0.3) is 0 Å². The first-order valence-electron chi connectivity index (χ1n) is 7.31. The number of thioether (sulfide) groups is 1. The van der Waals surface area contributed by atoms with Gasteiger partial charge in [-0.3, -0.25) is 9.36 Å². The van der Waals surface area contributed by atoms with Crippen molar-refractivity contribution < 1.29 is 14.3 Å². The molecular weight excluding hydrogens is 385 g/mol. The van der Waals surface area contributed by atoms with Crippen molar-refractivity contribution in [1.29, 1.82) is 0 Å². The Balaban J connectivity index is 2.22. The highest BCUT2D eigenvalue weighted by atomic mass is 35.5. The molecule has 0 saturated heterocycles. The van der Waals surface area contributed by atoms with E-state index in [-0.39, 0.29) is 11.7 Å². The maximum absolute atomic E-state index is 11.3. The highest BCUT2D eigenvalue weighted by Gasteiger charge is 2.20. The fraction of sp³-hybridized carbons (Fsp3) is 0.312. The van der Waals surface area contributed by atoms with E-state index in [4.69, 9.17) is 27.9 Å². The minimum Gasteiger partial charge on any atom is -0.481 e. The topological polar surface area (TPSA) is 66.2 Å². The molecule has 6 nitrogen and oxygen atoms in total. The van der Waals surface area contributed by atoms with Gasteiger partial charge in [0.05, 0.1) is 17.9 Å². The summed E-state index contributed by atoms with van der Waals surface area (Å²) < 4.78 is 12.3. The number of esters is 1. The van der Waals surface area contributed by atoms with E-state index in [1.54, 1.807) is 24.3 Å². The lowest BCUT2D eigenvalue weighted by atomic mass is 10.3. The highest BCUT2D eigenvalue weighted by molar-refractivity contribution is 7.99. The molecule has 9 heteroatoms. The third-order valence-corrected chi connectivity index (χ3v) is 4.65. The number of rotatable bonds is 8. The summed E-state index contributed by atoms with van der Waals surface area (Å²) in [7, 11) is 1.34. The quantitative estimate of drug-likeness (QED) is 0.375. The first-order valence-corrected chi connectivity index (χ1v) is 9.05. The summed E-state index contributed by atoms with van der Waals surface area (Å²) in [6.07, 6.45) is 1.28. The van der Waals surface area contributed by atoms with E-state index in [2.05, 4.69) is 21.5 Å². The van der Waals surface area contributed by atoms with E-state index < -0.39 is 6.10 Å². The van der Waals surface area contributed by atoms with E-state index >= 15 is 0 Å². The summed E-state index contributed by atoms with van der Waals surface area (Å²) in [6.45, 7) is 6.05. The number of aromatic nitrogens is 3. The van der Waals surface area contributed by atoms with Crippen LogP contribution in [-0.4, -0.2) is 33.6 Å². The van der Waals surface area contributed by atoms with Crippen molar-refractivity contribution in [2.24, 2.45) is 0 Å². The number of hydrogen-bond acceptors (Lipinski definition) is 6. The predicted octanol–water partition coefficient (Wildman–Crippen LogP) is 4.18. The van der Waals surface area contributed by atoms with Gasteiger partial charge in [-0.25, -0.2) is 0 Å². The SMILES string of the molecule is C=CCn1c(SCC(=O)OC)nnc1C(C)Oc1cc(Cl)ccc1Cl. The molecule has 1 aromatic heterocycles. The molecule has 1 heterocycles. The van der Waals surface area contributed by atoms with Crippen LogP contribution in [0, 0.1) is 0 Å². The molecule has 0 saturated carbocycles. The van der Waals surface area contributed by atoms with E-state index in [9.17, 15) is 4.79 Å². The summed E-state index contributed by atoms with van der Waals surface area (Å²) in [5.74, 6) is 0.845. The van der Waals surface area contributed by atoms with Crippen LogP contribution < -0.4 is 4.74 Å². The van der Waals surface area contributed by atoms with Gasteiger partial charge in [0.15, 0.2) is 17.1 Å². The fourth-order valence-corrected chi connectivity index (χ4v) is 3.11. The second-order valence-electron chi connectivity index (χ2n) is 4.94. The van der Waals surface area contributed by atoms with Crippen molar-refractivity contribution in [3.05, 3.63) is 46.7 Å². The van der Waals surface area contributed by atoms with Gasteiger partial charge in [-0.2, -0.15) is 0 Å². The van der Waals surface area contributed by atoms with E-state index in [1.807, 2.05) is 11.5 Å². The summed E-state index contributed by atoms with van der Waals surface area (Å²) >= 11 is 13.4. The number of hydrogen-bond donors (Lipinski definition) is 0. The molecule has 1 atom stereocenters. The Morgan fingerprint density at radius 3 is 2.88 bits per heavy atom. The number of methoxy groups -OCH3 is 1. The summed E-state index contributed by atoms with van der Waals surface area (Å²) in [5, 5.41) is 9.85. The van der Waals surface area contributed by atoms with Gasteiger partial charge in [-0.15, -0.1) is 16.8 Å². The van der Waals surface area contributed by atoms with Gasteiger partial charge in [0, 0.05) is 17.6 Å². The molecule has 1 unspecified atom stereocenters. The molecule has 0 radical (unpaired) electrons. The Hall–Kier alpha value is -1.70. The number of ether oxygens (including phenoxy) is 2. The highest BCUT2D eigenvalue weighted by Crippen LogP contribution is 2.32. The molecule has 2 aromatic rings. The van der Waals surface area contributed by atoms with Crippen molar-refractivity contribution in [2.75, 3.05) is 12.9 Å². The van der Waals surface area contributed by atoms with Crippen LogP contribution in [0.4, 0.5) is 0 Å². The van der Waals surface area contributed by atoms with E-state index in [0.29, 0.717) is 33.3 Å². The monoisotopic (exact) mass is 401 g/mol. The lowest BCUT2D eigenvalue weighted by Gasteiger charge is -2.16. The number of allylic oxidation sites excluding steroid dienone is 1. The molecule has 134 valence electrons. The van der Waals surface area contributed by atoms with Crippen LogP contribution >= 0.6 is 35.0 Å². The molecule has 0 bridgehead atoms. The summed E-state index contributed by atoms with van der Waals surface area (Å²) in [5.41, 5.74) is 0. The smallest absolute Gasteiger partial charge is 0.316 e. The molecule has 0 aliphatic heterocycles. The first kappa shape index (κ1) is 19.6. The van der Waals surface area contributed by atoms with Crippen molar-refractivity contribution in [2.45, 2.75) is 24.7 Å². The number of benzene rings is 1. The van der Waals surface area contributed by atoms with Crippen molar-refractivity contribution in [3.8, 4) is 5.75 Å². The Labute approximate surface area is 160 Å². The van der Waals surface area contributed by atoms with Crippen LogP contribution in [0.1, 0.15) is 18.9 Å². The maximum atomic E-state index is 11.3.